The molecule has 1 N–H and O–H groups in total. The minimum Gasteiger partial charge on any atom is -0.511 e. The lowest BCUT2D eigenvalue weighted by atomic mass is 9.52. The molecule has 2 fully saturated rings. The van der Waals surface area contributed by atoms with Gasteiger partial charge in [-0.15, -0.1) is 0 Å². The van der Waals surface area contributed by atoms with Gasteiger partial charge in [0.15, 0.2) is 6.29 Å². The van der Waals surface area contributed by atoms with E-state index in [0.29, 0.717) is 25.2 Å². The summed E-state index contributed by atoms with van der Waals surface area (Å²) in [5, 5.41) is 11.1. The van der Waals surface area contributed by atoms with Gasteiger partial charge in [-0.2, -0.15) is 0 Å². The van der Waals surface area contributed by atoms with Gasteiger partial charge in [-0.1, -0.05) is 6.92 Å². The van der Waals surface area contributed by atoms with Crippen LogP contribution in [0.2, 0.25) is 0 Å². The maximum Gasteiger partial charge on any atom is 0.337 e. The molecule has 1 heterocycles. The second-order valence-electron chi connectivity index (χ2n) is 8.67. The average Bonchev–Trinajstić information content (AvgIpc) is 3.12. The van der Waals surface area contributed by atoms with Crippen molar-refractivity contribution in [1.29, 1.82) is 0 Å². The number of esters is 1. The van der Waals surface area contributed by atoms with E-state index in [-0.39, 0.29) is 40.8 Å². The molecule has 2 bridgehead atoms. The average molecular weight is 368 g/mol. The van der Waals surface area contributed by atoms with Crippen LogP contribution in [0.4, 0.5) is 0 Å². The van der Waals surface area contributed by atoms with Crippen molar-refractivity contribution in [3.8, 4) is 0 Å². The van der Waals surface area contributed by atoms with Gasteiger partial charge < -0.3 is 24.1 Å². The zero-order valence-corrected chi connectivity index (χ0v) is 16.5. The minimum absolute atomic E-state index is 0.0977. The highest BCUT2D eigenvalue weighted by Crippen LogP contribution is 2.59. The normalized spacial score (nSPS) is 35.7. The fraction of sp³-hybridized carbons (Fsp3) is 0.850. The highest BCUT2D eigenvalue weighted by atomic mass is 16.7. The molecule has 1 saturated heterocycles. The Balaban J connectivity index is 2.00. The molecule has 148 valence electrons. The van der Waals surface area contributed by atoms with E-state index in [0.717, 1.165) is 19.3 Å². The Morgan fingerprint density at radius 3 is 2.54 bits per heavy atom. The summed E-state index contributed by atoms with van der Waals surface area (Å²) in [7, 11) is 3.07. The second-order valence-corrected chi connectivity index (χ2v) is 8.67. The van der Waals surface area contributed by atoms with Crippen LogP contribution in [-0.2, 0) is 23.7 Å². The number of carbonyl (C=O) groups is 1. The molecule has 0 aromatic rings. The van der Waals surface area contributed by atoms with Gasteiger partial charge in [-0.05, 0) is 44.4 Å². The van der Waals surface area contributed by atoms with Crippen LogP contribution >= 0.6 is 0 Å². The van der Waals surface area contributed by atoms with Crippen LogP contribution < -0.4 is 0 Å². The third-order valence-corrected chi connectivity index (χ3v) is 6.96. The maximum atomic E-state index is 12.6. The number of allylic oxidation sites excluding steroid dienone is 1. The summed E-state index contributed by atoms with van der Waals surface area (Å²) < 4.78 is 22.0. The van der Waals surface area contributed by atoms with Crippen LogP contribution in [0.15, 0.2) is 11.3 Å². The number of hydrogen-bond acceptors (Lipinski definition) is 6. The first-order valence-electron chi connectivity index (χ1n) is 9.53. The SMILES string of the molecule is COC(=O)C1=C(O)[C@H]2C[C@](C)(CC[C@H]2C(C)(C)OC)[C@H]1CC1OCCO1. The van der Waals surface area contributed by atoms with E-state index in [9.17, 15) is 9.90 Å². The Hall–Kier alpha value is -1.11. The number of methoxy groups -OCH3 is 2. The van der Waals surface area contributed by atoms with Crippen molar-refractivity contribution in [2.24, 2.45) is 23.2 Å². The number of aliphatic hydroxyl groups excluding tert-OH is 1. The van der Waals surface area contributed by atoms with E-state index >= 15 is 0 Å². The molecular weight excluding hydrogens is 336 g/mol. The van der Waals surface area contributed by atoms with Crippen molar-refractivity contribution < 1.29 is 28.8 Å². The van der Waals surface area contributed by atoms with Gasteiger partial charge in [0.2, 0.25) is 0 Å². The Bertz CT molecular complexity index is 577. The summed E-state index contributed by atoms with van der Waals surface area (Å²) in [5.41, 5.74) is -0.0659. The Labute approximate surface area is 155 Å². The molecule has 0 unspecified atom stereocenters. The molecule has 3 aliphatic rings. The number of rotatable bonds is 5. The summed E-state index contributed by atoms with van der Waals surface area (Å²) in [6, 6.07) is 0. The lowest BCUT2D eigenvalue weighted by Crippen LogP contribution is -2.51. The summed E-state index contributed by atoms with van der Waals surface area (Å²) in [4.78, 5) is 12.6. The standard InChI is InChI=1S/C20H32O6/c1-19(2,24-5)13-6-7-20(3)11-12(13)17(21)16(18(22)23-4)14(20)10-15-25-8-9-26-15/h12-15,21H,6-11H2,1-5H3/t12-,13+,14-,20-/m0/s1. The lowest BCUT2D eigenvalue weighted by Gasteiger charge is -2.54. The summed E-state index contributed by atoms with van der Waals surface area (Å²) in [5.74, 6) is -0.357. The van der Waals surface area contributed by atoms with E-state index < -0.39 is 5.97 Å². The zero-order valence-electron chi connectivity index (χ0n) is 16.5. The summed E-state index contributed by atoms with van der Waals surface area (Å²) in [6.07, 6.45) is 2.98. The molecule has 0 spiro atoms. The fourth-order valence-electron chi connectivity index (χ4n) is 5.24. The molecular formula is C20H32O6. The predicted octanol–water partition coefficient (Wildman–Crippen LogP) is 3.21. The van der Waals surface area contributed by atoms with E-state index in [4.69, 9.17) is 18.9 Å². The first-order valence-corrected chi connectivity index (χ1v) is 9.53. The van der Waals surface area contributed by atoms with Crippen molar-refractivity contribution >= 4 is 5.97 Å². The fourth-order valence-corrected chi connectivity index (χ4v) is 5.24. The molecule has 2 aliphatic carbocycles. The number of carbonyl (C=O) groups excluding carboxylic acids is 1. The molecule has 4 atom stereocenters. The van der Waals surface area contributed by atoms with Gasteiger partial charge in [0.25, 0.3) is 0 Å². The highest BCUT2D eigenvalue weighted by molar-refractivity contribution is 5.90. The number of ether oxygens (including phenoxy) is 4. The number of hydrogen-bond donors (Lipinski definition) is 1. The largest absolute Gasteiger partial charge is 0.511 e. The van der Waals surface area contributed by atoms with Gasteiger partial charge in [0.1, 0.15) is 5.76 Å². The minimum atomic E-state index is -0.447. The Morgan fingerprint density at radius 2 is 1.96 bits per heavy atom. The third-order valence-electron chi connectivity index (χ3n) is 6.96. The molecule has 26 heavy (non-hydrogen) atoms. The van der Waals surface area contributed by atoms with Crippen molar-refractivity contribution in [3.63, 3.8) is 0 Å². The van der Waals surface area contributed by atoms with Crippen molar-refractivity contribution in [2.75, 3.05) is 27.4 Å². The lowest BCUT2D eigenvalue weighted by molar-refractivity contribution is -0.142. The van der Waals surface area contributed by atoms with Crippen LogP contribution in [0.5, 0.6) is 0 Å². The first-order chi connectivity index (χ1) is 12.2. The maximum absolute atomic E-state index is 12.6. The predicted molar refractivity (Wildman–Crippen MR) is 95.5 cm³/mol. The van der Waals surface area contributed by atoms with E-state index in [1.807, 2.05) is 0 Å². The van der Waals surface area contributed by atoms with Gasteiger partial charge >= 0.3 is 5.97 Å². The molecule has 3 rings (SSSR count). The van der Waals surface area contributed by atoms with Gasteiger partial charge in [-0.3, -0.25) is 0 Å². The molecule has 1 aliphatic heterocycles. The summed E-state index contributed by atoms with van der Waals surface area (Å²) in [6.45, 7) is 7.47. The van der Waals surface area contributed by atoms with Crippen molar-refractivity contribution in [2.45, 2.75) is 58.3 Å². The molecule has 0 amide bonds. The smallest absolute Gasteiger partial charge is 0.337 e. The Morgan fingerprint density at radius 1 is 1.31 bits per heavy atom. The van der Waals surface area contributed by atoms with Crippen LogP contribution in [0.3, 0.4) is 0 Å². The van der Waals surface area contributed by atoms with Crippen molar-refractivity contribution in [3.05, 3.63) is 11.3 Å². The summed E-state index contributed by atoms with van der Waals surface area (Å²) >= 11 is 0. The van der Waals surface area contributed by atoms with E-state index in [1.54, 1.807) is 7.11 Å². The monoisotopic (exact) mass is 368 g/mol. The number of aliphatic hydroxyl groups is 1. The highest BCUT2D eigenvalue weighted by Gasteiger charge is 2.55. The number of fused-ring (bicyclic) bond motifs is 2. The van der Waals surface area contributed by atoms with Crippen LogP contribution in [0.1, 0.15) is 46.5 Å². The molecule has 6 nitrogen and oxygen atoms in total. The molecule has 1 saturated carbocycles. The van der Waals surface area contributed by atoms with Gasteiger partial charge in [-0.25, -0.2) is 4.79 Å². The van der Waals surface area contributed by atoms with Crippen molar-refractivity contribution in [1.82, 2.24) is 0 Å². The van der Waals surface area contributed by atoms with E-state index in [1.165, 1.54) is 7.11 Å². The topological polar surface area (TPSA) is 74.2 Å². The van der Waals surface area contributed by atoms with Gasteiger partial charge in [0, 0.05) is 25.4 Å². The molecule has 0 radical (unpaired) electrons. The first kappa shape index (κ1) is 19.6. The molecule has 6 heteroatoms. The van der Waals surface area contributed by atoms with Crippen LogP contribution in [0.25, 0.3) is 0 Å². The van der Waals surface area contributed by atoms with Gasteiger partial charge in [0.05, 0.1) is 31.5 Å². The second kappa shape index (κ2) is 7.13. The van der Waals surface area contributed by atoms with Crippen LogP contribution in [0, 0.1) is 23.2 Å². The Kier molecular flexibility index (Phi) is 5.39. The molecule has 0 aromatic heterocycles. The van der Waals surface area contributed by atoms with Crippen LogP contribution in [-0.4, -0.2) is 50.4 Å². The zero-order chi connectivity index (χ0) is 19.1. The molecule has 0 aromatic carbocycles. The van der Waals surface area contributed by atoms with E-state index in [2.05, 4.69) is 20.8 Å². The quantitative estimate of drug-likeness (QED) is 0.751. The third kappa shape index (κ3) is 3.27.